The van der Waals surface area contributed by atoms with Crippen LogP contribution in [0.15, 0.2) is 5.16 Å². The van der Waals surface area contributed by atoms with E-state index in [1.165, 1.54) is 0 Å². The van der Waals surface area contributed by atoms with Crippen LogP contribution in [0.2, 0.25) is 0 Å². The van der Waals surface area contributed by atoms with Crippen molar-refractivity contribution in [3.63, 3.8) is 0 Å². The summed E-state index contributed by atoms with van der Waals surface area (Å²) in [5, 5.41) is 2.93. The summed E-state index contributed by atoms with van der Waals surface area (Å²) in [5.41, 5.74) is -0.738. The quantitative estimate of drug-likeness (QED) is 0.511. The van der Waals surface area contributed by atoms with Crippen LogP contribution in [-0.2, 0) is 4.84 Å². The van der Waals surface area contributed by atoms with Gasteiger partial charge in [-0.1, -0.05) is 5.16 Å². The third-order valence-electron chi connectivity index (χ3n) is 1.66. The molecule has 1 heterocycles. The Morgan fingerprint density at radius 2 is 2.20 bits per heavy atom. The van der Waals surface area contributed by atoms with Crippen LogP contribution in [0.4, 0.5) is 13.2 Å². The third-order valence-corrected chi connectivity index (χ3v) is 1.66. The van der Waals surface area contributed by atoms with E-state index in [2.05, 4.69) is 9.99 Å². The van der Waals surface area contributed by atoms with E-state index in [-0.39, 0.29) is 6.10 Å². The summed E-state index contributed by atoms with van der Waals surface area (Å²) in [5.74, 6) is -0.458. The van der Waals surface area contributed by atoms with Gasteiger partial charge in [-0.25, -0.2) is 0 Å². The number of nitrogens with zero attached hydrogens (tertiary/aromatic N) is 1. The van der Waals surface area contributed by atoms with Crippen molar-refractivity contribution in [2.24, 2.45) is 11.1 Å². The Hall–Kier alpha value is -0.740. The van der Waals surface area contributed by atoms with Gasteiger partial charge >= 0.3 is 6.18 Å². The predicted molar refractivity (Wildman–Crippen MR) is 26.5 cm³/mol. The third kappa shape index (κ3) is 0.693. The normalized spacial score (nSPS) is 36.5. The van der Waals surface area contributed by atoms with Crippen LogP contribution >= 0.6 is 0 Å². The van der Waals surface area contributed by atoms with Crippen molar-refractivity contribution in [3.05, 3.63) is 0 Å². The van der Waals surface area contributed by atoms with E-state index >= 15 is 0 Å². The van der Waals surface area contributed by atoms with Gasteiger partial charge in [-0.3, -0.25) is 0 Å². The summed E-state index contributed by atoms with van der Waals surface area (Å²) in [6, 6.07) is 0. The lowest BCUT2D eigenvalue weighted by molar-refractivity contribution is -0.0619. The molecule has 0 bridgehead atoms. The molecule has 2 nitrogen and oxygen atoms in total. The number of rotatable bonds is 0. The van der Waals surface area contributed by atoms with Crippen molar-refractivity contribution in [1.29, 1.82) is 0 Å². The lowest BCUT2D eigenvalue weighted by Crippen LogP contribution is -2.23. The molecule has 5 heteroatoms. The topological polar surface area (TPSA) is 21.6 Å². The molecule has 0 saturated heterocycles. The van der Waals surface area contributed by atoms with Crippen LogP contribution in [0.5, 0.6) is 0 Å². The van der Waals surface area contributed by atoms with Crippen LogP contribution in [-0.4, -0.2) is 18.0 Å². The van der Waals surface area contributed by atoms with Gasteiger partial charge in [0.1, 0.15) is 6.10 Å². The van der Waals surface area contributed by atoms with Crippen molar-refractivity contribution in [3.8, 4) is 0 Å². The average Bonchev–Trinajstić information content (AvgIpc) is 2.40. The fourth-order valence-corrected chi connectivity index (χ4v) is 1.03. The molecule has 2 unspecified atom stereocenters. The fraction of sp³-hybridized carbons (Fsp3) is 0.800. The zero-order valence-electron chi connectivity index (χ0n) is 4.85. The van der Waals surface area contributed by atoms with Crippen LogP contribution in [0.3, 0.4) is 0 Å². The zero-order valence-corrected chi connectivity index (χ0v) is 4.85. The molecule has 1 aliphatic heterocycles. The number of fused-ring (bicyclic) bond motifs is 1. The molecule has 1 saturated carbocycles. The molecule has 0 aromatic carbocycles. The van der Waals surface area contributed by atoms with Crippen molar-refractivity contribution < 1.29 is 18.0 Å². The van der Waals surface area contributed by atoms with Gasteiger partial charge in [0.15, 0.2) is 5.71 Å². The Morgan fingerprint density at radius 1 is 1.50 bits per heavy atom. The second-order valence-electron chi connectivity index (χ2n) is 2.46. The highest BCUT2D eigenvalue weighted by Crippen LogP contribution is 2.44. The van der Waals surface area contributed by atoms with Crippen molar-refractivity contribution >= 4 is 5.71 Å². The molecule has 0 amide bonds. The van der Waals surface area contributed by atoms with Crippen LogP contribution in [0.25, 0.3) is 0 Å². The molecule has 0 spiro atoms. The first-order valence-electron chi connectivity index (χ1n) is 2.90. The first-order chi connectivity index (χ1) is 4.59. The summed E-state index contributed by atoms with van der Waals surface area (Å²) >= 11 is 0. The van der Waals surface area contributed by atoms with E-state index in [1.807, 2.05) is 0 Å². The van der Waals surface area contributed by atoms with Gasteiger partial charge in [-0.2, -0.15) is 13.2 Å². The number of hydrogen-bond donors (Lipinski definition) is 0. The van der Waals surface area contributed by atoms with Crippen molar-refractivity contribution in [2.45, 2.75) is 18.7 Å². The largest absolute Gasteiger partial charge is 0.433 e. The molecule has 1 aliphatic carbocycles. The molecule has 0 aromatic heterocycles. The van der Waals surface area contributed by atoms with Gasteiger partial charge in [0.05, 0.1) is 5.92 Å². The molecule has 0 N–H and O–H groups in total. The number of oxime groups is 1. The molecule has 0 aromatic rings. The Morgan fingerprint density at radius 3 is 2.40 bits per heavy atom. The molecule has 1 fully saturated rings. The molecule has 10 heavy (non-hydrogen) atoms. The van der Waals surface area contributed by atoms with Crippen LogP contribution in [0, 0.1) is 5.92 Å². The van der Waals surface area contributed by atoms with E-state index in [9.17, 15) is 13.2 Å². The molecule has 2 aliphatic rings. The summed E-state index contributed by atoms with van der Waals surface area (Å²) in [4.78, 5) is 4.43. The molecule has 56 valence electrons. The van der Waals surface area contributed by atoms with Gasteiger partial charge in [0.25, 0.3) is 0 Å². The first kappa shape index (κ1) is 6.00. The monoisotopic (exact) mass is 151 g/mol. The molecule has 2 rings (SSSR count). The average molecular weight is 151 g/mol. The zero-order chi connectivity index (χ0) is 7.35. The maximum atomic E-state index is 11.8. The Bertz CT molecular complexity index is 198. The van der Waals surface area contributed by atoms with Gasteiger partial charge in [-0.15, -0.1) is 0 Å². The minimum absolute atomic E-state index is 0.267. The minimum atomic E-state index is -4.28. The van der Waals surface area contributed by atoms with Crippen LogP contribution in [0.1, 0.15) is 6.42 Å². The summed E-state index contributed by atoms with van der Waals surface area (Å²) in [7, 11) is 0. The summed E-state index contributed by atoms with van der Waals surface area (Å²) in [6.45, 7) is 0. The van der Waals surface area contributed by atoms with E-state index in [4.69, 9.17) is 0 Å². The van der Waals surface area contributed by atoms with Crippen molar-refractivity contribution in [1.82, 2.24) is 0 Å². The fourth-order valence-electron chi connectivity index (χ4n) is 1.03. The number of halogens is 3. The molecular formula is C5H4F3NO. The second kappa shape index (κ2) is 1.46. The van der Waals surface area contributed by atoms with E-state index in [0.29, 0.717) is 6.42 Å². The minimum Gasteiger partial charge on any atom is -0.392 e. The Kier molecular flexibility index (Phi) is 0.877. The highest BCUT2D eigenvalue weighted by molar-refractivity contribution is 5.95. The van der Waals surface area contributed by atoms with Gasteiger partial charge in [0, 0.05) is 0 Å². The molecule has 2 atom stereocenters. The van der Waals surface area contributed by atoms with Gasteiger partial charge < -0.3 is 4.84 Å². The lowest BCUT2D eigenvalue weighted by Gasteiger charge is -2.02. The smallest absolute Gasteiger partial charge is 0.392 e. The SMILES string of the molecule is FC(F)(F)C1=NOC2CC12. The molecule has 0 radical (unpaired) electrons. The second-order valence-corrected chi connectivity index (χ2v) is 2.46. The Balaban J connectivity index is 2.18. The highest BCUT2D eigenvalue weighted by atomic mass is 19.4. The highest BCUT2D eigenvalue weighted by Gasteiger charge is 2.58. The van der Waals surface area contributed by atoms with Gasteiger partial charge in [0.2, 0.25) is 0 Å². The van der Waals surface area contributed by atoms with E-state index < -0.39 is 17.8 Å². The van der Waals surface area contributed by atoms with Crippen LogP contribution < -0.4 is 0 Å². The maximum absolute atomic E-state index is 11.8. The summed E-state index contributed by atoms with van der Waals surface area (Å²) < 4.78 is 35.5. The number of alkyl halides is 3. The summed E-state index contributed by atoms with van der Waals surface area (Å²) in [6.07, 6.45) is -4.06. The lowest BCUT2D eigenvalue weighted by atomic mass is 10.2. The predicted octanol–water partition coefficient (Wildman–Crippen LogP) is 1.32. The van der Waals surface area contributed by atoms with E-state index in [1.54, 1.807) is 0 Å². The maximum Gasteiger partial charge on any atom is 0.433 e. The standard InChI is InChI=1S/C5H4F3NO/c6-5(7,8)4-2-1-3(2)10-9-4/h2-3H,1H2. The Labute approximate surface area is 54.6 Å². The van der Waals surface area contributed by atoms with Crippen molar-refractivity contribution in [2.75, 3.05) is 0 Å². The number of hydrogen-bond acceptors (Lipinski definition) is 2. The van der Waals surface area contributed by atoms with E-state index in [0.717, 1.165) is 0 Å². The first-order valence-corrected chi connectivity index (χ1v) is 2.90. The molecular weight excluding hydrogens is 147 g/mol. The van der Waals surface area contributed by atoms with Gasteiger partial charge in [-0.05, 0) is 6.42 Å².